The molecule has 1 unspecified atom stereocenters. The number of amides is 2. The molecule has 1 N–H and O–H groups in total. The molecule has 0 saturated carbocycles. The third-order valence-electron chi connectivity index (χ3n) is 3.89. The van der Waals surface area contributed by atoms with Gasteiger partial charge in [0.25, 0.3) is 0 Å². The zero-order valence-corrected chi connectivity index (χ0v) is 13.0. The van der Waals surface area contributed by atoms with Gasteiger partial charge >= 0.3 is 6.09 Å². The van der Waals surface area contributed by atoms with Crippen LogP contribution in [0, 0.1) is 20.8 Å². The summed E-state index contributed by atoms with van der Waals surface area (Å²) in [6, 6.07) is 3.63. The number of nitrogens with zero attached hydrogens (tertiary/aromatic N) is 1. The molecule has 2 rings (SSSR count). The predicted molar refractivity (Wildman–Crippen MR) is 81.4 cm³/mol. The van der Waals surface area contributed by atoms with Crippen molar-refractivity contribution >= 4 is 17.7 Å². The number of ether oxygens (including phenoxy) is 1. The average Bonchev–Trinajstić information content (AvgIpc) is 2.91. The minimum absolute atomic E-state index is 0.145. The first kappa shape index (κ1) is 15.4. The number of carbonyl (C=O) groups is 2. The minimum atomic E-state index is -0.447. The summed E-state index contributed by atoms with van der Waals surface area (Å²) in [5.74, 6) is -0.145. The van der Waals surface area contributed by atoms with E-state index in [-0.39, 0.29) is 5.91 Å². The topological polar surface area (TPSA) is 58.6 Å². The first-order chi connectivity index (χ1) is 9.93. The van der Waals surface area contributed by atoms with Crippen LogP contribution in [0.1, 0.15) is 29.5 Å². The first-order valence-electron chi connectivity index (χ1n) is 7.17. The van der Waals surface area contributed by atoms with Gasteiger partial charge in [-0.1, -0.05) is 17.7 Å². The Labute approximate surface area is 125 Å². The van der Waals surface area contributed by atoms with Crippen LogP contribution in [0.2, 0.25) is 0 Å². The molecular formula is C16H22N2O3. The Morgan fingerprint density at radius 1 is 1.24 bits per heavy atom. The highest BCUT2D eigenvalue weighted by Crippen LogP contribution is 2.24. The molecule has 114 valence electrons. The number of hydrogen-bond donors (Lipinski definition) is 1. The van der Waals surface area contributed by atoms with E-state index in [0.717, 1.165) is 23.2 Å². The van der Waals surface area contributed by atoms with E-state index < -0.39 is 12.1 Å². The lowest BCUT2D eigenvalue weighted by molar-refractivity contribution is -0.120. The fourth-order valence-electron chi connectivity index (χ4n) is 2.96. The van der Waals surface area contributed by atoms with Gasteiger partial charge in [-0.05, 0) is 44.7 Å². The van der Waals surface area contributed by atoms with Crippen molar-refractivity contribution in [1.29, 1.82) is 0 Å². The van der Waals surface area contributed by atoms with Crippen LogP contribution >= 0.6 is 0 Å². The van der Waals surface area contributed by atoms with Crippen molar-refractivity contribution in [3.05, 3.63) is 28.8 Å². The van der Waals surface area contributed by atoms with E-state index in [1.54, 1.807) is 0 Å². The summed E-state index contributed by atoms with van der Waals surface area (Å²) in [5, 5.41) is 2.97. The Bertz CT molecular complexity index is 546. The van der Waals surface area contributed by atoms with Gasteiger partial charge in [-0.3, -0.25) is 9.69 Å². The molecule has 1 aromatic carbocycles. The molecule has 1 aromatic rings. The summed E-state index contributed by atoms with van der Waals surface area (Å²) in [7, 11) is 1.34. The van der Waals surface area contributed by atoms with Gasteiger partial charge in [-0.25, -0.2) is 4.79 Å². The quantitative estimate of drug-likeness (QED) is 0.911. The van der Waals surface area contributed by atoms with Crippen molar-refractivity contribution < 1.29 is 14.3 Å². The lowest BCUT2D eigenvalue weighted by Crippen LogP contribution is -2.43. The van der Waals surface area contributed by atoms with Gasteiger partial charge in [-0.2, -0.15) is 0 Å². The minimum Gasteiger partial charge on any atom is -0.453 e. The molecule has 2 amide bonds. The molecule has 21 heavy (non-hydrogen) atoms. The number of aryl methyl sites for hydroxylation is 3. The smallest absolute Gasteiger partial charge is 0.410 e. The highest BCUT2D eigenvalue weighted by Gasteiger charge is 2.35. The number of anilines is 1. The van der Waals surface area contributed by atoms with Crippen molar-refractivity contribution in [1.82, 2.24) is 4.90 Å². The van der Waals surface area contributed by atoms with E-state index in [2.05, 4.69) is 5.32 Å². The van der Waals surface area contributed by atoms with Crippen LogP contribution in [-0.4, -0.2) is 36.6 Å². The molecule has 1 saturated heterocycles. The van der Waals surface area contributed by atoms with Crippen LogP contribution in [0.25, 0.3) is 0 Å². The van der Waals surface area contributed by atoms with E-state index in [4.69, 9.17) is 4.74 Å². The Morgan fingerprint density at radius 2 is 1.86 bits per heavy atom. The molecule has 5 heteroatoms. The number of methoxy groups -OCH3 is 1. The third-order valence-corrected chi connectivity index (χ3v) is 3.89. The van der Waals surface area contributed by atoms with Gasteiger partial charge in [0.1, 0.15) is 6.04 Å². The summed E-state index contributed by atoms with van der Waals surface area (Å²) >= 11 is 0. The molecule has 1 aliphatic heterocycles. The summed E-state index contributed by atoms with van der Waals surface area (Å²) in [6.07, 6.45) is 1.05. The van der Waals surface area contributed by atoms with Gasteiger partial charge in [-0.15, -0.1) is 0 Å². The molecule has 0 spiro atoms. The van der Waals surface area contributed by atoms with Crippen LogP contribution in [0.4, 0.5) is 10.5 Å². The van der Waals surface area contributed by atoms with Crippen LogP contribution in [-0.2, 0) is 9.53 Å². The number of benzene rings is 1. The number of rotatable bonds is 2. The zero-order chi connectivity index (χ0) is 15.6. The maximum atomic E-state index is 12.5. The van der Waals surface area contributed by atoms with Crippen molar-refractivity contribution in [2.75, 3.05) is 19.0 Å². The summed E-state index contributed by atoms with van der Waals surface area (Å²) in [5.41, 5.74) is 4.06. The fraction of sp³-hybridized carbons (Fsp3) is 0.500. The van der Waals surface area contributed by atoms with Crippen LogP contribution in [0.3, 0.4) is 0 Å². The molecular weight excluding hydrogens is 268 g/mol. The van der Waals surface area contributed by atoms with E-state index in [0.29, 0.717) is 13.0 Å². The van der Waals surface area contributed by atoms with E-state index in [1.165, 1.54) is 17.6 Å². The highest BCUT2D eigenvalue weighted by atomic mass is 16.5. The molecule has 5 nitrogen and oxygen atoms in total. The Balaban J connectivity index is 2.17. The standard InChI is InChI=1S/C16H22N2O3/c1-10-8-11(2)14(12(3)9-10)17-15(19)13-6-5-7-18(13)16(20)21-4/h8-9,13H,5-7H2,1-4H3,(H,17,19). The molecule has 0 aliphatic carbocycles. The molecule has 0 aromatic heterocycles. The van der Waals surface area contributed by atoms with E-state index >= 15 is 0 Å². The van der Waals surface area contributed by atoms with E-state index in [1.807, 2.05) is 32.9 Å². The van der Waals surface area contributed by atoms with Crippen molar-refractivity contribution in [2.24, 2.45) is 0 Å². The Kier molecular flexibility index (Phi) is 4.50. The number of likely N-dealkylation sites (tertiary alicyclic amines) is 1. The van der Waals surface area contributed by atoms with Crippen LogP contribution in [0.5, 0.6) is 0 Å². The normalized spacial score (nSPS) is 17.7. The second-order valence-corrected chi connectivity index (χ2v) is 5.58. The number of nitrogens with one attached hydrogen (secondary N) is 1. The van der Waals surface area contributed by atoms with Crippen LogP contribution < -0.4 is 5.32 Å². The van der Waals surface area contributed by atoms with Crippen molar-refractivity contribution in [3.8, 4) is 0 Å². The maximum Gasteiger partial charge on any atom is 0.410 e. The van der Waals surface area contributed by atoms with Gasteiger partial charge in [0.2, 0.25) is 5.91 Å². The highest BCUT2D eigenvalue weighted by molar-refractivity contribution is 5.98. The largest absolute Gasteiger partial charge is 0.453 e. The third kappa shape index (κ3) is 3.17. The van der Waals surface area contributed by atoms with Crippen LogP contribution in [0.15, 0.2) is 12.1 Å². The summed E-state index contributed by atoms with van der Waals surface area (Å²) in [4.78, 5) is 25.7. The second-order valence-electron chi connectivity index (χ2n) is 5.58. The lowest BCUT2D eigenvalue weighted by Gasteiger charge is -2.23. The molecule has 1 atom stereocenters. The van der Waals surface area contributed by atoms with Gasteiger partial charge in [0.15, 0.2) is 0 Å². The molecule has 1 fully saturated rings. The zero-order valence-electron chi connectivity index (χ0n) is 13.0. The summed E-state index contributed by atoms with van der Waals surface area (Å²) < 4.78 is 4.73. The predicted octanol–water partition coefficient (Wildman–Crippen LogP) is 2.78. The van der Waals surface area contributed by atoms with Crippen molar-refractivity contribution in [2.45, 2.75) is 39.7 Å². The maximum absolute atomic E-state index is 12.5. The second kappa shape index (κ2) is 6.16. The lowest BCUT2D eigenvalue weighted by atomic mass is 10.0. The fourth-order valence-corrected chi connectivity index (χ4v) is 2.96. The summed E-state index contributed by atoms with van der Waals surface area (Å²) in [6.45, 7) is 6.54. The number of hydrogen-bond acceptors (Lipinski definition) is 3. The van der Waals surface area contributed by atoms with E-state index in [9.17, 15) is 9.59 Å². The first-order valence-corrected chi connectivity index (χ1v) is 7.17. The van der Waals surface area contributed by atoms with Gasteiger partial charge in [0.05, 0.1) is 7.11 Å². The molecule has 1 aliphatic rings. The average molecular weight is 290 g/mol. The SMILES string of the molecule is COC(=O)N1CCCC1C(=O)Nc1c(C)cc(C)cc1C. The Hall–Kier alpha value is -2.04. The number of carbonyl (C=O) groups excluding carboxylic acids is 2. The van der Waals surface area contributed by atoms with Gasteiger partial charge in [0, 0.05) is 12.2 Å². The Morgan fingerprint density at radius 3 is 2.43 bits per heavy atom. The molecule has 0 radical (unpaired) electrons. The molecule has 0 bridgehead atoms. The molecule has 1 heterocycles. The van der Waals surface area contributed by atoms with Gasteiger partial charge < -0.3 is 10.1 Å². The monoisotopic (exact) mass is 290 g/mol. The van der Waals surface area contributed by atoms with Crippen molar-refractivity contribution in [3.63, 3.8) is 0 Å².